The fraction of sp³-hybridized carbons (Fsp3) is 0.500. The van der Waals surface area contributed by atoms with Gasteiger partial charge in [-0.1, -0.05) is 58.9 Å². The molecular formula is C18H26N2O. The topological polar surface area (TPSA) is 38.1 Å². The predicted octanol–water partition coefficient (Wildman–Crippen LogP) is 4.18. The van der Waals surface area contributed by atoms with Crippen molar-refractivity contribution in [1.29, 1.82) is 0 Å². The quantitative estimate of drug-likeness (QED) is 0.896. The first-order chi connectivity index (χ1) is 9.88. The Kier molecular flexibility index (Phi) is 4.84. The Morgan fingerprint density at radius 3 is 2.57 bits per heavy atom. The van der Waals surface area contributed by atoms with Gasteiger partial charge in [-0.25, -0.2) is 4.98 Å². The normalized spacial score (nSPS) is 12.1. The highest BCUT2D eigenvalue weighted by molar-refractivity contribution is 5.63. The van der Waals surface area contributed by atoms with E-state index in [4.69, 9.17) is 4.42 Å². The van der Waals surface area contributed by atoms with Gasteiger partial charge in [0.15, 0.2) is 11.7 Å². The SMILES string of the molecule is CC(C)NCCc1ncc(-c2ccccc2C(C)(C)C)o1. The van der Waals surface area contributed by atoms with E-state index in [2.05, 4.69) is 63.1 Å². The van der Waals surface area contributed by atoms with Crippen LogP contribution in [0, 0.1) is 0 Å². The summed E-state index contributed by atoms with van der Waals surface area (Å²) < 4.78 is 5.94. The molecule has 0 aliphatic carbocycles. The first-order valence-electron chi connectivity index (χ1n) is 7.66. The van der Waals surface area contributed by atoms with Gasteiger partial charge in [0.05, 0.1) is 6.20 Å². The smallest absolute Gasteiger partial charge is 0.196 e. The third-order valence-electron chi connectivity index (χ3n) is 3.45. The lowest BCUT2D eigenvalue weighted by Gasteiger charge is -2.21. The second-order valence-corrected chi connectivity index (χ2v) is 6.77. The monoisotopic (exact) mass is 286 g/mol. The average Bonchev–Trinajstić information content (AvgIpc) is 2.86. The molecule has 3 heteroatoms. The van der Waals surface area contributed by atoms with Crippen molar-refractivity contribution >= 4 is 0 Å². The second kappa shape index (κ2) is 6.44. The molecule has 114 valence electrons. The molecule has 0 spiro atoms. The van der Waals surface area contributed by atoms with Crippen molar-refractivity contribution in [3.05, 3.63) is 41.9 Å². The lowest BCUT2D eigenvalue weighted by Crippen LogP contribution is -2.24. The largest absolute Gasteiger partial charge is 0.441 e. The molecule has 1 aromatic heterocycles. The van der Waals surface area contributed by atoms with Gasteiger partial charge in [-0.2, -0.15) is 0 Å². The molecule has 1 heterocycles. The van der Waals surface area contributed by atoms with Gasteiger partial charge in [-0.05, 0) is 11.0 Å². The van der Waals surface area contributed by atoms with Crippen molar-refractivity contribution in [3.63, 3.8) is 0 Å². The molecule has 0 aliphatic rings. The van der Waals surface area contributed by atoms with Gasteiger partial charge in [0.25, 0.3) is 0 Å². The highest BCUT2D eigenvalue weighted by Crippen LogP contribution is 2.33. The van der Waals surface area contributed by atoms with Crippen LogP contribution >= 0.6 is 0 Å². The van der Waals surface area contributed by atoms with Gasteiger partial charge in [0.1, 0.15) is 0 Å². The summed E-state index contributed by atoms with van der Waals surface area (Å²) in [6.07, 6.45) is 2.66. The number of nitrogens with one attached hydrogen (secondary N) is 1. The molecule has 0 bridgehead atoms. The van der Waals surface area contributed by atoms with Crippen LogP contribution in [-0.4, -0.2) is 17.6 Å². The highest BCUT2D eigenvalue weighted by Gasteiger charge is 2.20. The summed E-state index contributed by atoms with van der Waals surface area (Å²) in [5, 5.41) is 3.38. The molecule has 0 aliphatic heterocycles. The summed E-state index contributed by atoms with van der Waals surface area (Å²) in [6.45, 7) is 11.8. The van der Waals surface area contributed by atoms with Crippen LogP contribution in [0.3, 0.4) is 0 Å². The van der Waals surface area contributed by atoms with Gasteiger partial charge < -0.3 is 9.73 Å². The summed E-state index contributed by atoms with van der Waals surface area (Å²) in [5.74, 6) is 1.65. The lowest BCUT2D eigenvalue weighted by molar-refractivity contribution is 0.483. The maximum absolute atomic E-state index is 5.94. The van der Waals surface area contributed by atoms with Crippen molar-refractivity contribution in [3.8, 4) is 11.3 Å². The van der Waals surface area contributed by atoms with Gasteiger partial charge >= 0.3 is 0 Å². The molecule has 0 saturated carbocycles. The maximum Gasteiger partial charge on any atom is 0.196 e. The molecule has 2 rings (SSSR count). The molecule has 0 fully saturated rings. The number of rotatable bonds is 5. The Morgan fingerprint density at radius 2 is 1.90 bits per heavy atom. The molecule has 0 amide bonds. The Balaban J connectivity index is 2.18. The number of aromatic nitrogens is 1. The van der Waals surface area contributed by atoms with Gasteiger partial charge in [-0.15, -0.1) is 0 Å². The molecule has 2 aromatic rings. The summed E-state index contributed by atoms with van der Waals surface area (Å²) >= 11 is 0. The van der Waals surface area contributed by atoms with E-state index in [0.29, 0.717) is 6.04 Å². The van der Waals surface area contributed by atoms with Crippen LogP contribution in [0.4, 0.5) is 0 Å². The summed E-state index contributed by atoms with van der Waals surface area (Å²) in [6, 6.07) is 8.89. The van der Waals surface area contributed by atoms with E-state index in [0.717, 1.165) is 30.2 Å². The Hall–Kier alpha value is -1.61. The molecule has 1 N–H and O–H groups in total. The van der Waals surface area contributed by atoms with E-state index >= 15 is 0 Å². The Labute approximate surface area is 127 Å². The van der Waals surface area contributed by atoms with Crippen LogP contribution in [0.5, 0.6) is 0 Å². The fourth-order valence-electron chi connectivity index (χ4n) is 2.37. The van der Waals surface area contributed by atoms with Crippen LogP contribution in [-0.2, 0) is 11.8 Å². The third kappa shape index (κ3) is 4.18. The Morgan fingerprint density at radius 1 is 1.19 bits per heavy atom. The van der Waals surface area contributed by atoms with E-state index in [9.17, 15) is 0 Å². The molecule has 0 atom stereocenters. The minimum atomic E-state index is 0.0861. The summed E-state index contributed by atoms with van der Waals surface area (Å²) in [7, 11) is 0. The van der Waals surface area contributed by atoms with Crippen LogP contribution in [0.1, 0.15) is 46.1 Å². The van der Waals surface area contributed by atoms with Gasteiger partial charge in [0, 0.05) is 24.6 Å². The van der Waals surface area contributed by atoms with E-state index in [1.807, 2.05) is 12.3 Å². The average molecular weight is 286 g/mol. The van der Waals surface area contributed by atoms with Crippen LogP contribution in [0.2, 0.25) is 0 Å². The second-order valence-electron chi connectivity index (χ2n) is 6.77. The first kappa shape index (κ1) is 15.8. The number of oxazole rings is 1. The molecule has 0 saturated heterocycles. The zero-order valence-electron chi connectivity index (χ0n) is 13.7. The number of hydrogen-bond acceptors (Lipinski definition) is 3. The number of benzene rings is 1. The molecule has 1 aromatic carbocycles. The van der Waals surface area contributed by atoms with E-state index in [-0.39, 0.29) is 5.41 Å². The van der Waals surface area contributed by atoms with Gasteiger partial charge in [0.2, 0.25) is 0 Å². The van der Waals surface area contributed by atoms with E-state index in [1.165, 1.54) is 5.56 Å². The molecule has 0 unspecified atom stereocenters. The standard InChI is InChI=1S/C18H26N2O/c1-13(2)19-11-10-17-20-12-16(21-17)14-8-6-7-9-15(14)18(3,4)5/h6-9,12-13,19H,10-11H2,1-5H3. The van der Waals surface area contributed by atoms with Crippen LogP contribution < -0.4 is 5.32 Å². The molecular weight excluding hydrogens is 260 g/mol. The van der Waals surface area contributed by atoms with Gasteiger partial charge in [-0.3, -0.25) is 0 Å². The zero-order valence-corrected chi connectivity index (χ0v) is 13.7. The zero-order chi connectivity index (χ0) is 15.5. The first-order valence-corrected chi connectivity index (χ1v) is 7.66. The molecule has 3 nitrogen and oxygen atoms in total. The van der Waals surface area contributed by atoms with Crippen LogP contribution in [0.15, 0.2) is 34.9 Å². The number of nitrogens with zero attached hydrogens (tertiary/aromatic N) is 1. The predicted molar refractivity (Wildman–Crippen MR) is 87.5 cm³/mol. The van der Waals surface area contributed by atoms with E-state index < -0.39 is 0 Å². The molecule has 21 heavy (non-hydrogen) atoms. The lowest BCUT2D eigenvalue weighted by atomic mass is 9.83. The molecule has 0 radical (unpaired) electrons. The minimum Gasteiger partial charge on any atom is -0.441 e. The third-order valence-corrected chi connectivity index (χ3v) is 3.45. The highest BCUT2D eigenvalue weighted by atomic mass is 16.4. The van der Waals surface area contributed by atoms with Crippen molar-refractivity contribution < 1.29 is 4.42 Å². The van der Waals surface area contributed by atoms with Crippen molar-refractivity contribution in [2.75, 3.05) is 6.54 Å². The fourth-order valence-corrected chi connectivity index (χ4v) is 2.37. The minimum absolute atomic E-state index is 0.0861. The Bertz CT molecular complexity index is 579. The van der Waals surface area contributed by atoms with Crippen LogP contribution in [0.25, 0.3) is 11.3 Å². The van der Waals surface area contributed by atoms with Crippen molar-refractivity contribution in [1.82, 2.24) is 10.3 Å². The summed E-state index contributed by atoms with van der Waals surface area (Å²) in [4.78, 5) is 4.41. The van der Waals surface area contributed by atoms with Crippen molar-refractivity contribution in [2.45, 2.75) is 52.5 Å². The number of hydrogen-bond donors (Lipinski definition) is 1. The maximum atomic E-state index is 5.94. The van der Waals surface area contributed by atoms with E-state index in [1.54, 1.807) is 0 Å². The van der Waals surface area contributed by atoms with Crippen molar-refractivity contribution in [2.24, 2.45) is 0 Å². The summed E-state index contributed by atoms with van der Waals surface area (Å²) in [5.41, 5.74) is 2.51.